The highest BCUT2D eigenvalue weighted by Gasteiger charge is 2.07. The normalized spacial score (nSPS) is 11.1. The molecular weight excluding hydrogens is 196 g/mol. The van der Waals surface area contributed by atoms with Crippen molar-refractivity contribution in [3.8, 4) is 0 Å². The van der Waals surface area contributed by atoms with Gasteiger partial charge < -0.3 is 11.1 Å². The maximum atomic E-state index is 5.60. The lowest BCUT2D eigenvalue weighted by molar-refractivity contribution is 0.891. The van der Waals surface area contributed by atoms with Crippen LogP contribution in [-0.4, -0.2) is 16.0 Å². The first-order valence-electron chi connectivity index (χ1n) is 4.44. The number of thiophene rings is 1. The van der Waals surface area contributed by atoms with E-state index in [9.17, 15) is 0 Å². The van der Waals surface area contributed by atoms with Crippen molar-refractivity contribution in [1.29, 1.82) is 0 Å². The Kier molecular flexibility index (Phi) is 2.25. The molecule has 0 fully saturated rings. The second-order valence-corrected chi connectivity index (χ2v) is 4.26. The molecule has 2 aromatic heterocycles. The van der Waals surface area contributed by atoms with Gasteiger partial charge in [0.25, 0.3) is 0 Å². The number of nitrogens with one attached hydrogen (secondary N) is 1. The summed E-state index contributed by atoms with van der Waals surface area (Å²) in [6, 6.07) is 2.34. The molecule has 0 atom stereocenters. The molecule has 4 nitrogen and oxygen atoms in total. The largest absolute Gasteiger partial charge is 0.368 e. The van der Waals surface area contributed by atoms with E-state index in [1.54, 1.807) is 11.3 Å². The van der Waals surface area contributed by atoms with E-state index < -0.39 is 0 Å². The number of nitrogens with zero attached hydrogens (tertiary/aromatic N) is 2. The molecule has 0 amide bonds. The Hall–Kier alpha value is -1.36. The van der Waals surface area contributed by atoms with E-state index in [1.807, 2.05) is 11.4 Å². The average molecular weight is 208 g/mol. The number of fused-ring (bicyclic) bond motifs is 1. The summed E-state index contributed by atoms with van der Waals surface area (Å²) in [7, 11) is 0. The molecule has 0 aliphatic heterocycles. The van der Waals surface area contributed by atoms with Crippen molar-refractivity contribution in [2.24, 2.45) is 0 Å². The van der Waals surface area contributed by atoms with Gasteiger partial charge in [0.1, 0.15) is 10.6 Å². The highest BCUT2D eigenvalue weighted by molar-refractivity contribution is 7.16. The smallest absolute Gasteiger partial charge is 0.223 e. The molecule has 0 spiro atoms. The number of nitrogens with two attached hydrogens (primary N) is 1. The van der Waals surface area contributed by atoms with Gasteiger partial charge in [0, 0.05) is 6.04 Å². The van der Waals surface area contributed by atoms with E-state index in [2.05, 4.69) is 29.1 Å². The van der Waals surface area contributed by atoms with Crippen LogP contribution in [0.5, 0.6) is 0 Å². The van der Waals surface area contributed by atoms with Crippen LogP contribution in [0, 0.1) is 0 Å². The zero-order valence-corrected chi connectivity index (χ0v) is 8.93. The van der Waals surface area contributed by atoms with Gasteiger partial charge in [0.2, 0.25) is 5.95 Å². The molecule has 3 N–H and O–H groups in total. The van der Waals surface area contributed by atoms with Gasteiger partial charge in [-0.2, -0.15) is 4.98 Å². The quantitative estimate of drug-likeness (QED) is 0.793. The first-order chi connectivity index (χ1) is 6.66. The van der Waals surface area contributed by atoms with Crippen molar-refractivity contribution in [3.63, 3.8) is 0 Å². The summed E-state index contributed by atoms with van der Waals surface area (Å²) < 4.78 is 0. The van der Waals surface area contributed by atoms with E-state index in [1.165, 1.54) is 0 Å². The second kappa shape index (κ2) is 3.42. The molecule has 0 bridgehead atoms. The Bertz CT molecular complexity index is 449. The lowest BCUT2D eigenvalue weighted by Crippen LogP contribution is -2.12. The van der Waals surface area contributed by atoms with E-state index >= 15 is 0 Å². The molecule has 2 aromatic rings. The fourth-order valence-electron chi connectivity index (χ4n) is 1.26. The summed E-state index contributed by atoms with van der Waals surface area (Å²) in [5, 5.41) is 6.28. The van der Waals surface area contributed by atoms with Crippen molar-refractivity contribution >= 4 is 33.3 Å². The molecule has 74 valence electrons. The molecule has 0 saturated carbocycles. The highest BCUT2D eigenvalue weighted by Crippen LogP contribution is 2.25. The molecule has 0 radical (unpaired) electrons. The minimum atomic E-state index is 0.322. The van der Waals surface area contributed by atoms with Crippen molar-refractivity contribution in [3.05, 3.63) is 11.4 Å². The SMILES string of the molecule is CC(C)Nc1nc(N)nc2sccc12. The number of anilines is 2. The lowest BCUT2D eigenvalue weighted by atomic mass is 10.3. The fraction of sp³-hybridized carbons (Fsp3) is 0.333. The van der Waals surface area contributed by atoms with Crippen LogP contribution in [0.2, 0.25) is 0 Å². The van der Waals surface area contributed by atoms with Gasteiger partial charge in [-0.15, -0.1) is 11.3 Å². The molecule has 0 unspecified atom stereocenters. The highest BCUT2D eigenvalue weighted by atomic mass is 32.1. The van der Waals surface area contributed by atoms with Crippen molar-refractivity contribution in [1.82, 2.24) is 9.97 Å². The third-order valence-corrected chi connectivity index (χ3v) is 2.57. The van der Waals surface area contributed by atoms with Gasteiger partial charge in [0.15, 0.2) is 0 Å². The molecule has 2 heterocycles. The first kappa shape index (κ1) is 9.21. The van der Waals surface area contributed by atoms with Crippen LogP contribution in [0.3, 0.4) is 0 Å². The van der Waals surface area contributed by atoms with Crippen molar-refractivity contribution in [2.75, 3.05) is 11.1 Å². The standard InChI is InChI=1S/C9H12N4S/c1-5(2)11-7-6-3-4-14-8(6)13-9(10)12-7/h3-5H,1-2H3,(H3,10,11,12,13). The number of aromatic nitrogens is 2. The van der Waals surface area contributed by atoms with Gasteiger partial charge in [-0.3, -0.25) is 0 Å². The first-order valence-corrected chi connectivity index (χ1v) is 5.32. The monoisotopic (exact) mass is 208 g/mol. The topological polar surface area (TPSA) is 63.8 Å². The lowest BCUT2D eigenvalue weighted by Gasteiger charge is -2.09. The summed E-state index contributed by atoms with van der Waals surface area (Å²) in [6.45, 7) is 4.13. The zero-order valence-electron chi connectivity index (χ0n) is 8.11. The predicted molar refractivity (Wildman–Crippen MR) is 60.6 cm³/mol. The average Bonchev–Trinajstić information content (AvgIpc) is 2.50. The Morgan fingerprint density at radius 1 is 1.43 bits per heavy atom. The molecule has 0 aliphatic rings. The van der Waals surface area contributed by atoms with Crippen LogP contribution in [0.25, 0.3) is 10.2 Å². The summed E-state index contributed by atoms with van der Waals surface area (Å²) in [5.74, 6) is 1.15. The van der Waals surface area contributed by atoms with Gasteiger partial charge >= 0.3 is 0 Å². The van der Waals surface area contributed by atoms with Crippen LogP contribution < -0.4 is 11.1 Å². The summed E-state index contributed by atoms with van der Waals surface area (Å²) in [4.78, 5) is 9.26. The van der Waals surface area contributed by atoms with E-state index in [4.69, 9.17) is 5.73 Å². The van der Waals surface area contributed by atoms with Crippen LogP contribution in [0.1, 0.15) is 13.8 Å². The Morgan fingerprint density at radius 3 is 2.93 bits per heavy atom. The molecule has 0 aromatic carbocycles. The van der Waals surface area contributed by atoms with Crippen molar-refractivity contribution in [2.45, 2.75) is 19.9 Å². The second-order valence-electron chi connectivity index (χ2n) is 3.37. The number of hydrogen-bond acceptors (Lipinski definition) is 5. The molecule has 14 heavy (non-hydrogen) atoms. The minimum Gasteiger partial charge on any atom is -0.368 e. The molecule has 2 rings (SSSR count). The molecule has 0 aliphatic carbocycles. The van der Waals surface area contributed by atoms with Gasteiger partial charge in [-0.1, -0.05) is 0 Å². The Balaban J connectivity index is 2.55. The van der Waals surface area contributed by atoms with Crippen LogP contribution in [0.4, 0.5) is 11.8 Å². The maximum Gasteiger partial charge on any atom is 0.223 e. The molecule has 0 saturated heterocycles. The van der Waals surface area contributed by atoms with Gasteiger partial charge in [-0.25, -0.2) is 4.98 Å². The fourth-order valence-corrected chi connectivity index (χ4v) is 2.03. The van der Waals surface area contributed by atoms with Crippen molar-refractivity contribution < 1.29 is 0 Å². The van der Waals surface area contributed by atoms with Crippen LogP contribution in [-0.2, 0) is 0 Å². The van der Waals surface area contributed by atoms with Gasteiger partial charge in [0.05, 0.1) is 5.39 Å². The van der Waals surface area contributed by atoms with Gasteiger partial charge in [-0.05, 0) is 25.3 Å². The third-order valence-electron chi connectivity index (χ3n) is 1.77. The number of rotatable bonds is 2. The Labute approximate surface area is 86.2 Å². The van der Waals surface area contributed by atoms with E-state index in [-0.39, 0.29) is 0 Å². The summed E-state index contributed by atoms with van der Waals surface area (Å²) in [6.07, 6.45) is 0. The zero-order chi connectivity index (χ0) is 10.1. The summed E-state index contributed by atoms with van der Waals surface area (Å²) >= 11 is 1.57. The number of nitrogen functional groups attached to an aromatic ring is 1. The van der Waals surface area contributed by atoms with E-state index in [0.717, 1.165) is 16.0 Å². The third kappa shape index (κ3) is 1.63. The molecular formula is C9H12N4S. The van der Waals surface area contributed by atoms with Crippen LogP contribution >= 0.6 is 11.3 Å². The minimum absolute atomic E-state index is 0.322. The maximum absolute atomic E-state index is 5.60. The summed E-state index contributed by atoms with van der Waals surface area (Å²) in [5.41, 5.74) is 5.60. The molecule has 5 heteroatoms. The Morgan fingerprint density at radius 2 is 2.21 bits per heavy atom. The van der Waals surface area contributed by atoms with E-state index in [0.29, 0.717) is 12.0 Å². The van der Waals surface area contributed by atoms with Crippen LogP contribution in [0.15, 0.2) is 11.4 Å². The predicted octanol–water partition coefficient (Wildman–Crippen LogP) is 2.09. The number of hydrogen-bond donors (Lipinski definition) is 2.